The third kappa shape index (κ3) is 6.15. The molecule has 0 radical (unpaired) electrons. The summed E-state index contributed by atoms with van der Waals surface area (Å²) in [6.07, 6.45) is -9.00. The maximum absolute atomic E-state index is 13.4. The van der Waals surface area contributed by atoms with Crippen LogP contribution in [0.5, 0.6) is 0 Å². The van der Waals surface area contributed by atoms with Crippen molar-refractivity contribution in [1.29, 1.82) is 0 Å². The first-order valence-corrected chi connectivity index (χ1v) is 10.8. The molecule has 1 N–H and O–H groups in total. The minimum atomic E-state index is -4.90. The molecule has 0 spiro atoms. The molecule has 14 heteroatoms. The van der Waals surface area contributed by atoms with Gasteiger partial charge in [0.2, 0.25) is 5.91 Å². The van der Waals surface area contributed by atoms with Crippen LogP contribution in [0.4, 0.5) is 26.3 Å². The van der Waals surface area contributed by atoms with Crippen molar-refractivity contribution in [2.45, 2.75) is 25.2 Å². The number of likely N-dealkylation sites (tertiary alicyclic amines) is 1. The van der Waals surface area contributed by atoms with E-state index in [1.165, 1.54) is 12.1 Å². The number of carbonyl (C=O) groups is 3. The summed E-state index contributed by atoms with van der Waals surface area (Å²) in [6.45, 7) is -1.38. The normalized spacial score (nSPS) is 18.2. The molecule has 1 fully saturated rings. The summed E-state index contributed by atoms with van der Waals surface area (Å²) < 4.78 is 85.3. The Morgan fingerprint density at radius 3 is 2.33 bits per heavy atom. The first kappa shape index (κ1) is 27.0. The van der Waals surface area contributed by atoms with Crippen LogP contribution >= 0.6 is 0 Å². The van der Waals surface area contributed by atoms with Gasteiger partial charge in [-0.2, -0.15) is 31.4 Å². The lowest BCUT2D eigenvalue weighted by Gasteiger charge is -2.19. The molecule has 0 unspecified atom stereocenters. The molecular weight excluding hydrogens is 498 g/mol. The predicted octanol–water partition coefficient (Wildman–Crippen LogP) is 3.21. The number of para-hydroxylation sites is 1. The van der Waals surface area contributed by atoms with Crippen LogP contribution in [0.3, 0.4) is 0 Å². The second-order valence-electron chi connectivity index (χ2n) is 8.11. The van der Waals surface area contributed by atoms with E-state index in [0.29, 0.717) is 5.69 Å². The van der Waals surface area contributed by atoms with E-state index in [1.807, 2.05) is 0 Å². The first-order valence-electron chi connectivity index (χ1n) is 10.8. The van der Waals surface area contributed by atoms with Crippen LogP contribution in [-0.4, -0.2) is 65.4 Å². The zero-order valence-corrected chi connectivity index (χ0v) is 18.9. The largest absolute Gasteiger partial charge is 0.469 e. The van der Waals surface area contributed by atoms with Crippen molar-refractivity contribution in [3.05, 3.63) is 47.8 Å². The number of nitrogens with zero attached hydrogens (tertiary/aromatic N) is 3. The fourth-order valence-electron chi connectivity index (χ4n) is 3.89. The smallest absolute Gasteiger partial charge is 0.435 e. The molecule has 2 amide bonds. The van der Waals surface area contributed by atoms with Gasteiger partial charge in [0.15, 0.2) is 5.69 Å². The molecule has 1 aliphatic heterocycles. The average molecular weight is 520 g/mol. The zero-order valence-electron chi connectivity index (χ0n) is 18.9. The third-order valence-electron chi connectivity index (χ3n) is 5.70. The molecule has 36 heavy (non-hydrogen) atoms. The molecule has 1 saturated heterocycles. The predicted molar refractivity (Wildman–Crippen MR) is 112 cm³/mol. The van der Waals surface area contributed by atoms with Crippen LogP contribution < -0.4 is 5.32 Å². The molecule has 3 rings (SSSR count). The maximum atomic E-state index is 13.4. The molecular formula is C22H22F6N4O4. The number of hydrogen-bond acceptors (Lipinski definition) is 5. The fourth-order valence-corrected chi connectivity index (χ4v) is 3.89. The Hall–Kier alpha value is -3.58. The van der Waals surface area contributed by atoms with Gasteiger partial charge in [0, 0.05) is 32.3 Å². The number of nitrogens with one attached hydrogen (secondary N) is 1. The molecule has 2 atom stereocenters. The molecule has 8 nitrogen and oxygen atoms in total. The van der Waals surface area contributed by atoms with E-state index in [9.17, 15) is 40.7 Å². The number of carbonyl (C=O) groups excluding carboxylic acids is 3. The number of methoxy groups -OCH3 is 1. The summed E-state index contributed by atoms with van der Waals surface area (Å²) in [4.78, 5) is 37.4. The zero-order chi connectivity index (χ0) is 26.7. The molecule has 1 aliphatic rings. The van der Waals surface area contributed by atoms with Gasteiger partial charge in [-0.1, -0.05) is 18.2 Å². The quantitative estimate of drug-likeness (QED) is 0.344. The van der Waals surface area contributed by atoms with Crippen molar-refractivity contribution in [3.8, 4) is 5.69 Å². The van der Waals surface area contributed by atoms with Crippen LogP contribution in [-0.2, 0) is 20.5 Å². The monoisotopic (exact) mass is 520 g/mol. The lowest BCUT2D eigenvalue weighted by molar-refractivity contribution is -0.189. The van der Waals surface area contributed by atoms with E-state index in [2.05, 4.69) is 15.2 Å². The topological polar surface area (TPSA) is 93.5 Å². The standard InChI is InChI=1S/C22H22F6N4O4/c1-36-20(35)14-10-31(12-16(14)21(23,24)25)17(33)8-5-9-29-19(34)15-11-32(13-6-3-2-4-7-13)30-18(15)22(26,27)28/h2-4,6-7,11,14,16H,5,8-10,12H2,1H3,(H,29,34)/t14-,16-/m1/s1. The van der Waals surface area contributed by atoms with E-state index in [4.69, 9.17) is 0 Å². The highest BCUT2D eigenvalue weighted by atomic mass is 19.4. The number of rotatable bonds is 7. The second kappa shape index (κ2) is 10.6. The van der Waals surface area contributed by atoms with Crippen molar-refractivity contribution in [2.75, 3.05) is 26.7 Å². The van der Waals surface area contributed by atoms with Gasteiger partial charge in [0.1, 0.15) is 0 Å². The van der Waals surface area contributed by atoms with Gasteiger partial charge in [-0.25, -0.2) is 4.68 Å². The average Bonchev–Trinajstić information content (AvgIpc) is 3.47. The summed E-state index contributed by atoms with van der Waals surface area (Å²) in [7, 11) is 0.955. The Kier molecular flexibility index (Phi) is 7.94. The van der Waals surface area contributed by atoms with Gasteiger partial charge < -0.3 is 15.0 Å². The summed E-state index contributed by atoms with van der Waals surface area (Å²) in [6, 6.07) is 7.85. The van der Waals surface area contributed by atoms with Crippen molar-refractivity contribution >= 4 is 17.8 Å². The van der Waals surface area contributed by atoms with E-state index in [1.54, 1.807) is 18.2 Å². The Labute approximate surface area is 201 Å². The summed E-state index contributed by atoms with van der Waals surface area (Å²) in [5, 5.41) is 5.75. The summed E-state index contributed by atoms with van der Waals surface area (Å²) >= 11 is 0. The van der Waals surface area contributed by atoms with Crippen LogP contribution in [0.1, 0.15) is 28.9 Å². The summed E-state index contributed by atoms with van der Waals surface area (Å²) in [5.41, 5.74) is -1.80. The molecule has 0 saturated carbocycles. The number of amides is 2. The fraction of sp³-hybridized carbons (Fsp3) is 0.455. The number of esters is 1. The SMILES string of the molecule is COC(=O)[C@@H]1CN(C(=O)CCCNC(=O)c2cn(-c3ccccc3)nc2C(F)(F)F)C[C@H]1C(F)(F)F. The Morgan fingerprint density at radius 1 is 1.08 bits per heavy atom. The van der Waals surface area contributed by atoms with Gasteiger partial charge in [-0.15, -0.1) is 0 Å². The van der Waals surface area contributed by atoms with Crippen LogP contribution in [0.15, 0.2) is 36.5 Å². The minimum absolute atomic E-state index is 0.0468. The molecule has 1 aromatic carbocycles. The highest BCUT2D eigenvalue weighted by Crippen LogP contribution is 2.38. The van der Waals surface area contributed by atoms with E-state index in [0.717, 1.165) is 22.9 Å². The van der Waals surface area contributed by atoms with E-state index >= 15 is 0 Å². The number of benzene rings is 1. The molecule has 2 aromatic rings. The van der Waals surface area contributed by atoms with Crippen molar-refractivity contribution in [1.82, 2.24) is 20.0 Å². The van der Waals surface area contributed by atoms with Crippen molar-refractivity contribution < 1.29 is 45.5 Å². The molecule has 196 valence electrons. The minimum Gasteiger partial charge on any atom is -0.469 e. The number of halogens is 6. The van der Waals surface area contributed by atoms with Gasteiger partial charge in [0.05, 0.1) is 30.2 Å². The number of ether oxygens (including phenoxy) is 1. The van der Waals surface area contributed by atoms with E-state index in [-0.39, 0.29) is 19.4 Å². The van der Waals surface area contributed by atoms with Gasteiger partial charge in [-0.3, -0.25) is 14.4 Å². The molecule has 1 aromatic heterocycles. The molecule has 2 heterocycles. The Bertz CT molecular complexity index is 1100. The third-order valence-corrected chi connectivity index (χ3v) is 5.70. The second-order valence-corrected chi connectivity index (χ2v) is 8.11. The van der Waals surface area contributed by atoms with Crippen molar-refractivity contribution in [3.63, 3.8) is 0 Å². The van der Waals surface area contributed by atoms with Gasteiger partial charge in [0.25, 0.3) is 5.91 Å². The molecule has 0 bridgehead atoms. The van der Waals surface area contributed by atoms with Gasteiger partial charge >= 0.3 is 18.3 Å². The lowest BCUT2D eigenvalue weighted by atomic mass is 9.96. The Balaban J connectivity index is 1.59. The van der Waals surface area contributed by atoms with Crippen LogP contribution in [0, 0.1) is 11.8 Å². The summed E-state index contributed by atoms with van der Waals surface area (Å²) in [5.74, 6) is -6.42. The highest BCUT2D eigenvalue weighted by Gasteiger charge is 2.53. The Morgan fingerprint density at radius 2 is 1.75 bits per heavy atom. The number of aromatic nitrogens is 2. The van der Waals surface area contributed by atoms with Crippen LogP contribution in [0.25, 0.3) is 5.69 Å². The lowest BCUT2D eigenvalue weighted by Crippen LogP contribution is -2.34. The highest BCUT2D eigenvalue weighted by molar-refractivity contribution is 5.95. The first-order chi connectivity index (χ1) is 16.8. The van der Waals surface area contributed by atoms with Gasteiger partial charge in [-0.05, 0) is 18.6 Å². The molecule has 0 aliphatic carbocycles. The van der Waals surface area contributed by atoms with Crippen LogP contribution in [0.2, 0.25) is 0 Å². The van der Waals surface area contributed by atoms with Crippen molar-refractivity contribution in [2.24, 2.45) is 11.8 Å². The maximum Gasteiger partial charge on any atom is 0.435 e. The number of alkyl halides is 6. The number of hydrogen-bond donors (Lipinski definition) is 1. The van der Waals surface area contributed by atoms with E-state index < -0.39 is 66.3 Å².